The van der Waals surface area contributed by atoms with Crippen molar-refractivity contribution in [3.63, 3.8) is 0 Å². The number of carbonyl (C=O) groups excluding carboxylic acids is 3. The highest BCUT2D eigenvalue weighted by Crippen LogP contribution is 2.42. The fraction of sp³-hybridized carbons (Fsp3) is 0.435. The van der Waals surface area contributed by atoms with Crippen molar-refractivity contribution in [2.45, 2.75) is 52.4 Å². The van der Waals surface area contributed by atoms with E-state index >= 15 is 0 Å². The van der Waals surface area contributed by atoms with Crippen molar-refractivity contribution >= 4 is 23.7 Å². The lowest BCUT2D eigenvalue weighted by Gasteiger charge is -2.52. The van der Waals surface area contributed by atoms with Gasteiger partial charge in [0.1, 0.15) is 17.9 Å². The molecule has 1 heterocycles. The summed E-state index contributed by atoms with van der Waals surface area (Å²) in [5.74, 6) is -1.74. The molecule has 0 radical (unpaired) electrons. The SMILES string of the molecule is C=CCC1C(C(C)(C)OC(=O)OCc2ccc([N+](=O)[O-])cc2)C(=O)N1C(C(=O)OC)=C(C)C. The lowest BCUT2D eigenvalue weighted by atomic mass is 9.74. The van der Waals surface area contributed by atoms with Crippen molar-refractivity contribution in [3.8, 4) is 0 Å². The molecule has 0 spiro atoms. The topological polar surface area (TPSA) is 125 Å². The van der Waals surface area contributed by atoms with Crippen LogP contribution in [-0.4, -0.2) is 46.6 Å². The second-order valence-electron chi connectivity index (χ2n) is 8.29. The Kier molecular flexibility index (Phi) is 7.97. The molecule has 1 aliphatic rings. The molecule has 1 aromatic carbocycles. The summed E-state index contributed by atoms with van der Waals surface area (Å²) in [5, 5.41) is 10.7. The van der Waals surface area contributed by atoms with Crippen LogP contribution in [0.4, 0.5) is 10.5 Å². The van der Waals surface area contributed by atoms with E-state index in [0.29, 0.717) is 17.6 Å². The number of nitro groups is 1. The van der Waals surface area contributed by atoms with E-state index in [1.165, 1.54) is 36.3 Å². The number of nitrogens with zero attached hydrogens (tertiary/aromatic N) is 2. The number of methoxy groups -OCH3 is 1. The minimum absolute atomic E-state index is 0.0774. The van der Waals surface area contributed by atoms with Crippen LogP contribution >= 0.6 is 0 Å². The number of non-ortho nitro benzene ring substituents is 1. The molecule has 0 aromatic heterocycles. The van der Waals surface area contributed by atoms with Crippen molar-refractivity contribution in [2.24, 2.45) is 5.92 Å². The van der Waals surface area contributed by atoms with Crippen LogP contribution in [0.15, 0.2) is 48.2 Å². The van der Waals surface area contributed by atoms with Crippen molar-refractivity contribution < 1.29 is 33.5 Å². The highest BCUT2D eigenvalue weighted by molar-refractivity contribution is 5.99. The minimum atomic E-state index is -1.24. The summed E-state index contributed by atoms with van der Waals surface area (Å²) < 4.78 is 15.4. The van der Waals surface area contributed by atoms with Gasteiger partial charge in [0.25, 0.3) is 5.69 Å². The Morgan fingerprint density at radius 1 is 1.24 bits per heavy atom. The molecule has 10 heteroatoms. The lowest BCUT2D eigenvalue weighted by Crippen LogP contribution is -2.68. The molecule has 1 saturated heterocycles. The molecule has 0 aliphatic carbocycles. The summed E-state index contributed by atoms with van der Waals surface area (Å²) in [7, 11) is 1.24. The number of likely N-dealkylation sites (tertiary alicyclic amines) is 1. The highest BCUT2D eigenvalue weighted by Gasteiger charge is 2.58. The zero-order valence-electron chi connectivity index (χ0n) is 19.3. The van der Waals surface area contributed by atoms with Gasteiger partial charge in [-0.15, -0.1) is 6.58 Å². The Balaban J connectivity index is 2.11. The average molecular weight is 460 g/mol. The highest BCUT2D eigenvalue weighted by atomic mass is 16.7. The van der Waals surface area contributed by atoms with E-state index < -0.39 is 34.6 Å². The maximum atomic E-state index is 13.1. The molecule has 1 fully saturated rings. The number of rotatable bonds is 9. The van der Waals surface area contributed by atoms with Gasteiger partial charge in [-0.25, -0.2) is 9.59 Å². The molecule has 2 unspecified atom stereocenters. The van der Waals surface area contributed by atoms with Crippen LogP contribution in [0.1, 0.15) is 39.7 Å². The van der Waals surface area contributed by atoms with Crippen LogP contribution in [0.25, 0.3) is 0 Å². The number of esters is 1. The van der Waals surface area contributed by atoms with Gasteiger partial charge in [0, 0.05) is 12.1 Å². The number of nitro benzene ring substituents is 1. The number of β-lactam (4-membered cyclic amide) rings is 1. The maximum absolute atomic E-state index is 13.1. The Morgan fingerprint density at radius 3 is 2.33 bits per heavy atom. The van der Waals surface area contributed by atoms with Crippen LogP contribution in [0.2, 0.25) is 0 Å². The van der Waals surface area contributed by atoms with Crippen molar-refractivity contribution in [1.82, 2.24) is 4.90 Å². The van der Waals surface area contributed by atoms with Gasteiger partial charge in [0.15, 0.2) is 0 Å². The van der Waals surface area contributed by atoms with E-state index in [-0.39, 0.29) is 23.9 Å². The number of ether oxygens (including phenoxy) is 3. The Bertz CT molecular complexity index is 977. The fourth-order valence-corrected chi connectivity index (χ4v) is 3.80. The first-order valence-corrected chi connectivity index (χ1v) is 10.2. The van der Waals surface area contributed by atoms with Crippen molar-refractivity contribution in [2.75, 3.05) is 7.11 Å². The lowest BCUT2D eigenvalue weighted by molar-refractivity contribution is -0.384. The van der Waals surface area contributed by atoms with Crippen molar-refractivity contribution in [1.29, 1.82) is 0 Å². The summed E-state index contributed by atoms with van der Waals surface area (Å²) in [4.78, 5) is 49.2. The van der Waals surface area contributed by atoms with E-state index in [1.54, 1.807) is 33.8 Å². The summed E-state index contributed by atoms with van der Waals surface area (Å²) >= 11 is 0. The Morgan fingerprint density at radius 2 is 1.85 bits per heavy atom. The molecule has 0 bridgehead atoms. The second kappa shape index (κ2) is 10.3. The summed E-state index contributed by atoms with van der Waals surface area (Å²) in [6.45, 7) is 10.2. The molecule has 2 rings (SSSR count). The standard InChI is InChI=1S/C23H28N2O8/c1-7-8-17-18(20(26)24(17)19(14(2)3)21(27)31-6)23(4,5)33-22(28)32-13-15-9-11-16(12-10-15)25(29)30/h7,9-12,17-18H,1,8,13H2,2-6H3. The molecule has 33 heavy (non-hydrogen) atoms. The second-order valence-corrected chi connectivity index (χ2v) is 8.29. The number of benzene rings is 1. The van der Waals surface area contributed by atoms with E-state index in [1.807, 2.05) is 0 Å². The molecule has 178 valence electrons. The van der Waals surface area contributed by atoms with Gasteiger partial charge < -0.3 is 19.1 Å². The molecule has 10 nitrogen and oxygen atoms in total. The maximum Gasteiger partial charge on any atom is 0.509 e. The summed E-state index contributed by atoms with van der Waals surface area (Å²) in [5.41, 5.74) is -0.00827. The zero-order chi connectivity index (χ0) is 24.9. The monoisotopic (exact) mass is 460 g/mol. The molecular weight excluding hydrogens is 432 g/mol. The third-order valence-corrected chi connectivity index (χ3v) is 5.32. The van der Waals surface area contributed by atoms with E-state index in [9.17, 15) is 24.5 Å². The van der Waals surface area contributed by atoms with E-state index in [4.69, 9.17) is 14.2 Å². The minimum Gasteiger partial charge on any atom is -0.464 e. The van der Waals surface area contributed by atoms with Gasteiger partial charge in [0.2, 0.25) is 5.91 Å². The van der Waals surface area contributed by atoms with Crippen LogP contribution in [0.3, 0.4) is 0 Å². The van der Waals surface area contributed by atoms with Gasteiger partial charge in [-0.3, -0.25) is 14.9 Å². The van der Waals surface area contributed by atoms with Gasteiger partial charge in [-0.1, -0.05) is 6.08 Å². The quantitative estimate of drug-likeness (QED) is 0.136. The number of hydrogen-bond donors (Lipinski definition) is 0. The number of carbonyl (C=O) groups is 3. The average Bonchev–Trinajstić information content (AvgIpc) is 2.74. The first kappa shape index (κ1) is 25.6. The zero-order valence-corrected chi connectivity index (χ0v) is 19.3. The molecule has 1 amide bonds. The molecule has 0 saturated carbocycles. The van der Waals surface area contributed by atoms with Crippen LogP contribution in [0, 0.1) is 16.0 Å². The molecular formula is C23H28N2O8. The first-order valence-electron chi connectivity index (χ1n) is 10.2. The molecule has 1 aliphatic heterocycles. The van der Waals surface area contributed by atoms with E-state index in [0.717, 1.165) is 0 Å². The predicted molar refractivity (Wildman–Crippen MR) is 118 cm³/mol. The Labute approximate surface area is 191 Å². The molecule has 1 aromatic rings. The van der Waals surface area contributed by atoms with Crippen LogP contribution in [-0.2, 0) is 30.4 Å². The van der Waals surface area contributed by atoms with Crippen LogP contribution in [0.5, 0.6) is 0 Å². The Hall–Kier alpha value is -3.69. The third kappa shape index (κ3) is 5.57. The van der Waals surface area contributed by atoms with E-state index in [2.05, 4.69) is 6.58 Å². The smallest absolute Gasteiger partial charge is 0.464 e. The number of amides is 1. The third-order valence-electron chi connectivity index (χ3n) is 5.32. The largest absolute Gasteiger partial charge is 0.509 e. The predicted octanol–water partition coefficient (Wildman–Crippen LogP) is 3.90. The van der Waals surface area contributed by atoms with Crippen LogP contribution < -0.4 is 0 Å². The van der Waals surface area contributed by atoms with Gasteiger partial charge in [0.05, 0.1) is 24.0 Å². The van der Waals surface area contributed by atoms with Gasteiger partial charge >= 0.3 is 12.1 Å². The molecule has 0 N–H and O–H groups in total. The number of allylic oxidation sites excluding steroid dienone is 1. The summed E-state index contributed by atoms with van der Waals surface area (Å²) in [6, 6.07) is 5.08. The fourth-order valence-electron chi connectivity index (χ4n) is 3.80. The number of hydrogen-bond acceptors (Lipinski definition) is 8. The van der Waals surface area contributed by atoms with Gasteiger partial charge in [-0.2, -0.15) is 0 Å². The normalized spacial score (nSPS) is 17.5. The first-order chi connectivity index (χ1) is 15.4. The van der Waals surface area contributed by atoms with Crippen molar-refractivity contribution in [3.05, 3.63) is 63.9 Å². The summed E-state index contributed by atoms with van der Waals surface area (Å²) in [6.07, 6.45) is 1.01. The molecule has 2 atom stereocenters. The van der Waals surface area contributed by atoms with Gasteiger partial charge in [-0.05, 0) is 57.4 Å².